The van der Waals surface area contributed by atoms with Crippen LogP contribution in [0.2, 0.25) is 0 Å². The second-order valence-electron chi connectivity index (χ2n) is 8.67. The summed E-state index contributed by atoms with van der Waals surface area (Å²) >= 11 is 1.24. The van der Waals surface area contributed by atoms with Crippen molar-refractivity contribution in [3.05, 3.63) is 30.3 Å². The van der Waals surface area contributed by atoms with E-state index in [-0.39, 0.29) is 24.6 Å². The molecule has 1 heterocycles. The van der Waals surface area contributed by atoms with Crippen LogP contribution >= 0.6 is 11.8 Å². The highest BCUT2D eigenvalue weighted by Gasteiger charge is 2.36. The lowest BCUT2D eigenvalue weighted by atomic mass is 10.0. The van der Waals surface area contributed by atoms with Crippen LogP contribution in [0.5, 0.6) is 0 Å². The Morgan fingerprint density at radius 2 is 1.91 bits per heavy atom. The van der Waals surface area contributed by atoms with Gasteiger partial charge in [-0.25, -0.2) is 9.79 Å². The van der Waals surface area contributed by atoms with E-state index >= 15 is 0 Å². The zero-order valence-corrected chi connectivity index (χ0v) is 20.1. The molecule has 1 aromatic carbocycles. The van der Waals surface area contributed by atoms with Crippen molar-refractivity contribution in [1.82, 2.24) is 15.1 Å². The van der Waals surface area contributed by atoms with Crippen molar-refractivity contribution >= 4 is 46.4 Å². The van der Waals surface area contributed by atoms with Crippen molar-refractivity contribution < 1.29 is 24.3 Å². The predicted molar refractivity (Wildman–Crippen MR) is 127 cm³/mol. The summed E-state index contributed by atoms with van der Waals surface area (Å²) in [6.45, 7) is 7.06. The first-order valence-electron chi connectivity index (χ1n) is 10.6. The Bertz CT molecular complexity index is 916. The number of nitrogens with one attached hydrogen (secondary N) is 1. The van der Waals surface area contributed by atoms with Gasteiger partial charge in [0.2, 0.25) is 17.7 Å². The zero-order valence-electron chi connectivity index (χ0n) is 19.3. The molecule has 0 aromatic heterocycles. The molecular weight excluding hydrogens is 446 g/mol. The smallest absolute Gasteiger partial charge is 0.407 e. The molecule has 1 fully saturated rings. The molecule has 33 heavy (non-hydrogen) atoms. The fourth-order valence-electron chi connectivity index (χ4n) is 3.32. The molecule has 180 valence electrons. The van der Waals surface area contributed by atoms with Gasteiger partial charge >= 0.3 is 6.09 Å². The van der Waals surface area contributed by atoms with Gasteiger partial charge in [-0.15, -0.1) is 0 Å². The normalized spacial score (nSPS) is 17.0. The lowest BCUT2D eigenvalue weighted by molar-refractivity contribution is -0.134. The Balaban J connectivity index is 2.05. The van der Waals surface area contributed by atoms with Gasteiger partial charge in [0.1, 0.15) is 12.1 Å². The highest BCUT2D eigenvalue weighted by atomic mass is 32.2. The number of para-hydroxylation sites is 1. The molecule has 0 radical (unpaired) electrons. The van der Waals surface area contributed by atoms with Gasteiger partial charge in [0, 0.05) is 12.1 Å². The molecule has 4 N–H and O–H groups in total. The van der Waals surface area contributed by atoms with Crippen molar-refractivity contribution in [3.8, 4) is 0 Å². The highest BCUT2D eigenvalue weighted by molar-refractivity contribution is 8.15. The molecule has 11 heteroatoms. The lowest BCUT2D eigenvalue weighted by Gasteiger charge is -2.33. The molecule has 2 atom stereocenters. The summed E-state index contributed by atoms with van der Waals surface area (Å²) in [6, 6.07) is 7.19. The number of hydrogen-bond acceptors (Lipinski definition) is 6. The Kier molecular flexibility index (Phi) is 8.86. The second-order valence-corrected chi connectivity index (χ2v) is 9.61. The van der Waals surface area contributed by atoms with E-state index in [9.17, 15) is 24.3 Å². The van der Waals surface area contributed by atoms with E-state index in [1.54, 1.807) is 39.8 Å². The van der Waals surface area contributed by atoms with Gasteiger partial charge in [-0.2, -0.15) is 0 Å². The van der Waals surface area contributed by atoms with Crippen molar-refractivity contribution in [2.75, 3.05) is 12.3 Å². The van der Waals surface area contributed by atoms with Crippen molar-refractivity contribution in [2.45, 2.75) is 58.2 Å². The van der Waals surface area contributed by atoms with Crippen LogP contribution in [0, 0.1) is 0 Å². The molecule has 1 aromatic rings. The number of rotatable bonds is 9. The van der Waals surface area contributed by atoms with Gasteiger partial charge in [-0.3, -0.25) is 19.3 Å². The zero-order chi connectivity index (χ0) is 24.8. The van der Waals surface area contributed by atoms with Crippen LogP contribution < -0.4 is 11.1 Å². The minimum Gasteiger partial charge on any atom is -0.465 e. The third kappa shape index (κ3) is 7.21. The fraction of sp³-hybridized carbons (Fsp3) is 0.500. The summed E-state index contributed by atoms with van der Waals surface area (Å²) in [4.78, 5) is 55.8. The number of nitrogens with two attached hydrogens (primary N) is 1. The number of thioether (sulfide) groups is 1. The molecule has 0 bridgehead atoms. The molecule has 0 unspecified atom stereocenters. The average molecular weight is 478 g/mol. The summed E-state index contributed by atoms with van der Waals surface area (Å²) in [5, 5.41) is 12.4. The summed E-state index contributed by atoms with van der Waals surface area (Å²) in [6.07, 6.45) is -0.571. The largest absolute Gasteiger partial charge is 0.465 e. The van der Waals surface area contributed by atoms with Crippen LogP contribution in [0.4, 0.5) is 10.5 Å². The van der Waals surface area contributed by atoms with E-state index in [4.69, 9.17) is 5.73 Å². The first-order valence-corrected chi connectivity index (χ1v) is 11.6. The third-order valence-electron chi connectivity index (χ3n) is 5.12. The minimum atomic E-state index is -1.06. The van der Waals surface area contributed by atoms with E-state index in [1.165, 1.54) is 21.6 Å². The van der Waals surface area contributed by atoms with Gasteiger partial charge in [0.05, 0.1) is 11.4 Å². The number of carbonyl (C=O) groups excluding carboxylic acids is 3. The first kappa shape index (κ1) is 26.2. The number of carboxylic acid groups (broad SMARTS) is 1. The molecule has 0 aliphatic carbocycles. The molecule has 1 saturated heterocycles. The van der Waals surface area contributed by atoms with Crippen molar-refractivity contribution in [2.24, 2.45) is 10.7 Å². The second kappa shape index (κ2) is 11.2. The number of nitrogens with zero attached hydrogens (tertiary/aromatic N) is 3. The predicted octanol–water partition coefficient (Wildman–Crippen LogP) is 2.17. The van der Waals surface area contributed by atoms with Crippen LogP contribution in [-0.2, 0) is 14.4 Å². The van der Waals surface area contributed by atoms with E-state index in [0.717, 1.165) is 0 Å². The van der Waals surface area contributed by atoms with Crippen molar-refractivity contribution in [3.63, 3.8) is 0 Å². The van der Waals surface area contributed by atoms with E-state index in [2.05, 4.69) is 10.3 Å². The Hall–Kier alpha value is -3.08. The van der Waals surface area contributed by atoms with E-state index < -0.39 is 35.5 Å². The number of primary amides is 1. The average Bonchev–Trinajstić information content (AvgIpc) is 3.08. The topological polar surface area (TPSA) is 145 Å². The number of carbonyl (C=O) groups is 4. The quantitative estimate of drug-likeness (QED) is 0.497. The maximum absolute atomic E-state index is 12.9. The fourth-order valence-corrected chi connectivity index (χ4v) is 4.28. The molecule has 0 spiro atoms. The highest BCUT2D eigenvalue weighted by Crippen LogP contribution is 2.25. The van der Waals surface area contributed by atoms with E-state index in [1.807, 2.05) is 18.2 Å². The van der Waals surface area contributed by atoms with Crippen LogP contribution in [0.3, 0.4) is 0 Å². The molecule has 1 aliphatic heterocycles. The summed E-state index contributed by atoms with van der Waals surface area (Å²) < 4.78 is 0. The maximum Gasteiger partial charge on any atom is 0.407 e. The first-order chi connectivity index (χ1) is 15.4. The monoisotopic (exact) mass is 477 g/mol. The summed E-state index contributed by atoms with van der Waals surface area (Å²) in [5.41, 5.74) is 5.52. The lowest BCUT2D eigenvalue weighted by Crippen LogP contribution is -2.53. The van der Waals surface area contributed by atoms with Gasteiger partial charge in [-0.05, 0) is 52.7 Å². The van der Waals surface area contributed by atoms with Crippen LogP contribution in [0.1, 0.15) is 40.5 Å². The number of benzene rings is 1. The molecular formula is C22H31N5O5S. The molecule has 10 nitrogen and oxygen atoms in total. The van der Waals surface area contributed by atoms with E-state index in [0.29, 0.717) is 17.3 Å². The molecule has 4 amide bonds. The minimum absolute atomic E-state index is 0.167. The number of hydrogen-bond donors (Lipinski definition) is 3. The maximum atomic E-state index is 12.9. The van der Waals surface area contributed by atoms with Crippen LogP contribution in [0.15, 0.2) is 35.3 Å². The summed E-state index contributed by atoms with van der Waals surface area (Å²) in [7, 11) is 0. The molecule has 0 saturated carbocycles. The van der Waals surface area contributed by atoms with Crippen molar-refractivity contribution in [1.29, 1.82) is 0 Å². The number of amidine groups is 1. The van der Waals surface area contributed by atoms with Gasteiger partial charge in [-0.1, -0.05) is 30.0 Å². The molecule has 1 aliphatic rings. The Labute approximate surface area is 197 Å². The third-order valence-corrected chi connectivity index (χ3v) is 6.06. The number of aliphatic imine (C=N–C) groups is 1. The van der Waals surface area contributed by atoms with Gasteiger partial charge in [0.15, 0.2) is 5.17 Å². The van der Waals surface area contributed by atoms with Crippen LogP contribution in [0.25, 0.3) is 0 Å². The van der Waals surface area contributed by atoms with Crippen LogP contribution in [-0.4, -0.2) is 73.8 Å². The molecule has 2 rings (SSSR count). The standard InChI is InChI=1S/C22H31N5O5S/c1-14(27-17(28)13-33-20(27)24-15-9-6-5-7-10-15)19(30)25-16(18(23)29)11-8-12-26(21(31)32)22(2,3)4/h5-7,9-10,14,16H,8,11-13H2,1-4H3,(H2,23,29)(H,25,30)(H,31,32)/t14-,16+/m1/s1. The van der Waals surface area contributed by atoms with Gasteiger partial charge in [0.25, 0.3) is 0 Å². The Morgan fingerprint density at radius 3 is 2.45 bits per heavy atom. The number of amides is 4. The SMILES string of the molecule is C[C@H](C(=O)N[C@@H](CCCN(C(=O)O)C(C)(C)C)C(N)=O)N1C(=O)CSC1=Nc1ccccc1. The summed E-state index contributed by atoms with van der Waals surface area (Å²) in [5.74, 6) is -1.36. The van der Waals surface area contributed by atoms with Gasteiger partial charge < -0.3 is 21.1 Å². The Morgan fingerprint density at radius 1 is 1.27 bits per heavy atom.